The van der Waals surface area contributed by atoms with Crippen LogP contribution in [0.4, 0.5) is 52.7 Å². The minimum Gasteiger partial charge on any atom is -0.492 e. The number of alkyl halides is 12. The first-order valence-electron chi connectivity index (χ1n) is 6.35. The number of ether oxygens (including phenoxy) is 1. The number of benzene rings is 1. The minimum absolute atomic E-state index is 0.0254. The highest BCUT2D eigenvalue weighted by Gasteiger charge is 2.68. The Balaban J connectivity index is 3.38. The standard InChI is InChI=1S/C13H8F12O/c1-9(12(20,21)22,13(23,24)25)5-26-8-4-6(10(14,15)16)2-3-7(8)11(17,18)19/h2-4H,5H2,1H3. The Bertz CT molecular complexity index is 620. The third kappa shape index (κ3) is 4.47. The van der Waals surface area contributed by atoms with Crippen LogP contribution in [0.1, 0.15) is 18.1 Å². The second kappa shape index (κ2) is 6.41. The summed E-state index contributed by atoms with van der Waals surface area (Å²) in [5.41, 5.74) is -8.28. The highest BCUT2D eigenvalue weighted by atomic mass is 19.4. The number of hydrogen-bond donors (Lipinski definition) is 0. The maximum atomic E-state index is 12.8. The van der Waals surface area contributed by atoms with E-state index in [-0.39, 0.29) is 25.1 Å². The van der Waals surface area contributed by atoms with Gasteiger partial charge in [0, 0.05) is 0 Å². The summed E-state index contributed by atoms with van der Waals surface area (Å²) in [7, 11) is 0. The van der Waals surface area contributed by atoms with Gasteiger partial charge in [0.1, 0.15) is 12.4 Å². The van der Waals surface area contributed by atoms with Crippen molar-refractivity contribution in [2.45, 2.75) is 31.6 Å². The summed E-state index contributed by atoms with van der Waals surface area (Å²) in [4.78, 5) is 0. The second-order valence-electron chi connectivity index (χ2n) is 5.32. The maximum absolute atomic E-state index is 12.8. The van der Waals surface area contributed by atoms with Gasteiger partial charge in [0.05, 0.1) is 11.1 Å². The molecule has 0 unspecified atom stereocenters. The van der Waals surface area contributed by atoms with Crippen molar-refractivity contribution in [2.75, 3.05) is 6.61 Å². The lowest BCUT2D eigenvalue weighted by atomic mass is 9.90. The van der Waals surface area contributed by atoms with Crippen molar-refractivity contribution in [1.29, 1.82) is 0 Å². The molecule has 150 valence electrons. The molecule has 1 aromatic rings. The van der Waals surface area contributed by atoms with Crippen LogP contribution in [0.25, 0.3) is 0 Å². The fourth-order valence-electron chi connectivity index (χ4n) is 1.60. The summed E-state index contributed by atoms with van der Waals surface area (Å²) in [5.74, 6) is -1.80. The fraction of sp³-hybridized carbons (Fsp3) is 0.538. The SMILES string of the molecule is CC(COc1cc(C(F)(F)F)ccc1C(F)(F)F)(C(F)(F)F)C(F)(F)F. The molecule has 0 radical (unpaired) electrons. The first-order valence-corrected chi connectivity index (χ1v) is 6.35. The van der Waals surface area contributed by atoms with E-state index in [4.69, 9.17) is 0 Å². The van der Waals surface area contributed by atoms with Crippen LogP contribution in [0.3, 0.4) is 0 Å². The predicted molar refractivity (Wildman–Crippen MR) is 62.2 cm³/mol. The summed E-state index contributed by atoms with van der Waals surface area (Å²) in [5, 5.41) is 0. The Morgan fingerprint density at radius 3 is 1.54 bits per heavy atom. The zero-order chi connectivity index (χ0) is 20.8. The molecule has 1 rings (SSSR count). The van der Waals surface area contributed by atoms with Crippen molar-refractivity contribution in [3.63, 3.8) is 0 Å². The van der Waals surface area contributed by atoms with E-state index in [1.165, 1.54) is 0 Å². The lowest BCUT2D eigenvalue weighted by Crippen LogP contribution is -2.51. The van der Waals surface area contributed by atoms with Gasteiger partial charge in [-0.05, 0) is 25.1 Å². The highest BCUT2D eigenvalue weighted by molar-refractivity contribution is 5.40. The summed E-state index contributed by atoms with van der Waals surface area (Å²) in [6.07, 6.45) is -22.5. The van der Waals surface area contributed by atoms with Gasteiger partial charge in [0.25, 0.3) is 0 Å². The molecular formula is C13H8F12O. The molecule has 0 spiro atoms. The van der Waals surface area contributed by atoms with E-state index in [0.29, 0.717) is 0 Å². The van der Waals surface area contributed by atoms with Crippen molar-refractivity contribution < 1.29 is 57.4 Å². The lowest BCUT2D eigenvalue weighted by Gasteiger charge is -2.33. The smallest absolute Gasteiger partial charge is 0.419 e. The Kier molecular flexibility index (Phi) is 5.48. The Hall–Kier alpha value is -1.82. The molecule has 0 heterocycles. The van der Waals surface area contributed by atoms with Crippen LogP contribution in [0.15, 0.2) is 18.2 Å². The molecule has 0 saturated heterocycles. The van der Waals surface area contributed by atoms with Crippen molar-refractivity contribution in [3.8, 4) is 5.75 Å². The van der Waals surface area contributed by atoms with Gasteiger partial charge >= 0.3 is 24.7 Å². The van der Waals surface area contributed by atoms with Crippen LogP contribution in [-0.4, -0.2) is 19.0 Å². The molecule has 26 heavy (non-hydrogen) atoms. The van der Waals surface area contributed by atoms with Gasteiger partial charge in [-0.3, -0.25) is 0 Å². The van der Waals surface area contributed by atoms with E-state index < -0.39 is 53.6 Å². The predicted octanol–water partition coefficient (Wildman–Crippen LogP) is 6.23. The molecule has 0 N–H and O–H groups in total. The molecule has 0 saturated carbocycles. The third-order valence-corrected chi connectivity index (χ3v) is 3.38. The van der Waals surface area contributed by atoms with Gasteiger partial charge in [-0.15, -0.1) is 0 Å². The zero-order valence-corrected chi connectivity index (χ0v) is 12.4. The molecule has 1 nitrogen and oxygen atoms in total. The van der Waals surface area contributed by atoms with Crippen LogP contribution in [-0.2, 0) is 12.4 Å². The van der Waals surface area contributed by atoms with E-state index in [1.54, 1.807) is 0 Å². The first kappa shape index (κ1) is 22.2. The van der Waals surface area contributed by atoms with Crippen LogP contribution < -0.4 is 4.74 Å². The monoisotopic (exact) mass is 408 g/mol. The quantitative estimate of drug-likeness (QED) is 0.539. The maximum Gasteiger partial charge on any atom is 0.419 e. The molecule has 0 amide bonds. The zero-order valence-electron chi connectivity index (χ0n) is 12.4. The molecule has 13 heteroatoms. The Morgan fingerprint density at radius 2 is 1.19 bits per heavy atom. The summed E-state index contributed by atoms with van der Waals surface area (Å²) < 4.78 is 156. The molecular weight excluding hydrogens is 400 g/mol. The van der Waals surface area contributed by atoms with Crippen LogP contribution in [0.5, 0.6) is 5.75 Å². The van der Waals surface area contributed by atoms with E-state index in [0.717, 1.165) is 0 Å². The van der Waals surface area contributed by atoms with Gasteiger partial charge < -0.3 is 4.74 Å². The molecule has 0 bridgehead atoms. The number of hydrogen-bond acceptors (Lipinski definition) is 1. The average molecular weight is 408 g/mol. The summed E-state index contributed by atoms with van der Waals surface area (Å²) in [6.45, 7) is -2.78. The molecule has 0 aromatic heterocycles. The van der Waals surface area contributed by atoms with Crippen molar-refractivity contribution in [3.05, 3.63) is 29.3 Å². The highest BCUT2D eigenvalue weighted by Crippen LogP contribution is 2.50. The molecule has 0 fully saturated rings. The van der Waals surface area contributed by atoms with Gasteiger partial charge in [0.2, 0.25) is 0 Å². The summed E-state index contributed by atoms with van der Waals surface area (Å²) in [6, 6.07) is -0.477. The van der Waals surface area contributed by atoms with Gasteiger partial charge in [-0.25, -0.2) is 0 Å². The summed E-state index contributed by atoms with van der Waals surface area (Å²) >= 11 is 0. The van der Waals surface area contributed by atoms with Crippen molar-refractivity contribution in [1.82, 2.24) is 0 Å². The number of halogens is 12. The van der Waals surface area contributed by atoms with Crippen molar-refractivity contribution >= 4 is 0 Å². The van der Waals surface area contributed by atoms with Crippen LogP contribution in [0, 0.1) is 5.41 Å². The molecule has 0 atom stereocenters. The lowest BCUT2D eigenvalue weighted by molar-refractivity contribution is -0.340. The molecule has 0 aliphatic heterocycles. The largest absolute Gasteiger partial charge is 0.492 e. The first-order chi connectivity index (χ1) is 11.3. The second-order valence-corrected chi connectivity index (χ2v) is 5.32. The van der Waals surface area contributed by atoms with Gasteiger partial charge in [-0.2, -0.15) is 52.7 Å². The molecule has 0 aliphatic rings. The van der Waals surface area contributed by atoms with E-state index in [1.807, 2.05) is 0 Å². The fourth-order valence-corrected chi connectivity index (χ4v) is 1.60. The average Bonchev–Trinajstić information content (AvgIpc) is 2.39. The topological polar surface area (TPSA) is 9.23 Å². The minimum atomic E-state index is -5.98. The van der Waals surface area contributed by atoms with E-state index in [9.17, 15) is 52.7 Å². The van der Waals surface area contributed by atoms with E-state index >= 15 is 0 Å². The van der Waals surface area contributed by atoms with E-state index in [2.05, 4.69) is 4.74 Å². The van der Waals surface area contributed by atoms with Crippen molar-refractivity contribution in [2.24, 2.45) is 5.41 Å². The Labute approximate surface area is 137 Å². The molecule has 0 aliphatic carbocycles. The van der Waals surface area contributed by atoms with Gasteiger partial charge in [-0.1, -0.05) is 0 Å². The van der Waals surface area contributed by atoms with Crippen LogP contribution in [0.2, 0.25) is 0 Å². The van der Waals surface area contributed by atoms with Crippen LogP contribution >= 0.6 is 0 Å². The Morgan fingerprint density at radius 1 is 0.731 bits per heavy atom. The third-order valence-electron chi connectivity index (χ3n) is 3.38. The van der Waals surface area contributed by atoms with Gasteiger partial charge in [0.15, 0.2) is 5.41 Å². The number of rotatable bonds is 3. The normalized spacial score (nSPS) is 14.5. The molecule has 1 aromatic carbocycles.